The first-order chi connectivity index (χ1) is 13.2. The molecule has 142 valence electrons. The molecule has 0 amide bonds. The molecule has 0 aliphatic carbocycles. The Balaban J connectivity index is 1.85. The van der Waals surface area contributed by atoms with E-state index in [0.717, 1.165) is 25.2 Å². The molecule has 27 heavy (non-hydrogen) atoms. The van der Waals surface area contributed by atoms with Gasteiger partial charge in [0, 0.05) is 18.2 Å². The molecule has 0 unspecified atom stereocenters. The maximum Gasteiger partial charge on any atom is 0.336 e. The second kappa shape index (κ2) is 9.24. The van der Waals surface area contributed by atoms with Crippen LogP contribution < -0.4 is 9.47 Å². The van der Waals surface area contributed by atoms with Crippen LogP contribution in [0.5, 0.6) is 11.5 Å². The Bertz CT molecular complexity index is 795. The Hall–Kier alpha value is -2.79. The molecule has 0 bridgehead atoms. The lowest BCUT2D eigenvalue weighted by molar-refractivity contribution is -0.130. The highest BCUT2D eigenvalue weighted by molar-refractivity contribution is 6.20. The van der Waals surface area contributed by atoms with Crippen molar-refractivity contribution in [1.29, 1.82) is 0 Å². The lowest BCUT2D eigenvalue weighted by Crippen LogP contribution is -2.25. The van der Waals surface area contributed by atoms with Gasteiger partial charge in [0.2, 0.25) is 0 Å². The molecule has 5 heteroatoms. The first-order valence-corrected chi connectivity index (χ1v) is 9.21. The zero-order chi connectivity index (χ0) is 19.1. The molecule has 1 aliphatic rings. The second-order valence-corrected chi connectivity index (χ2v) is 6.53. The molecule has 0 spiro atoms. The van der Waals surface area contributed by atoms with E-state index >= 15 is 0 Å². The van der Waals surface area contributed by atoms with Crippen LogP contribution in [0.15, 0.2) is 48.5 Å². The average molecular weight is 367 g/mol. The molecule has 2 aromatic carbocycles. The summed E-state index contributed by atoms with van der Waals surface area (Å²) >= 11 is 0. The fourth-order valence-corrected chi connectivity index (χ4v) is 3.22. The highest BCUT2D eigenvalue weighted by Gasteiger charge is 2.14. The SMILES string of the molecule is COc1ccc(/C=C(\C(=O)O)c2ccccc2)c(OCCN2CCCC2)c1. The van der Waals surface area contributed by atoms with Crippen LogP contribution in [0.4, 0.5) is 0 Å². The Morgan fingerprint density at radius 1 is 1.15 bits per heavy atom. The Morgan fingerprint density at radius 2 is 1.89 bits per heavy atom. The smallest absolute Gasteiger partial charge is 0.336 e. The van der Waals surface area contributed by atoms with Gasteiger partial charge in [0.05, 0.1) is 12.7 Å². The fourth-order valence-electron chi connectivity index (χ4n) is 3.22. The zero-order valence-corrected chi connectivity index (χ0v) is 15.6. The number of ether oxygens (including phenoxy) is 2. The molecule has 1 saturated heterocycles. The molecule has 3 rings (SSSR count). The van der Waals surface area contributed by atoms with Gasteiger partial charge in [-0.05, 0) is 49.7 Å². The van der Waals surface area contributed by atoms with Crippen molar-refractivity contribution < 1.29 is 19.4 Å². The summed E-state index contributed by atoms with van der Waals surface area (Å²) in [4.78, 5) is 14.2. The summed E-state index contributed by atoms with van der Waals surface area (Å²) in [5, 5.41) is 9.66. The molecule has 1 heterocycles. The van der Waals surface area contributed by atoms with E-state index in [9.17, 15) is 9.90 Å². The summed E-state index contributed by atoms with van der Waals surface area (Å²) in [6, 6.07) is 14.5. The lowest BCUT2D eigenvalue weighted by Gasteiger charge is -2.16. The number of carboxylic acid groups (broad SMARTS) is 1. The van der Waals surface area contributed by atoms with Crippen LogP contribution in [-0.2, 0) is 4.79 Å². The van der Waals surface area contributed by atoms with E-state index in [1.165, 1.54) is 12.8 Å². The highest BCUT2D eigenvalue weighted by Crippen LogP contribution is 2.29. The summed E-state index contributed by atoms with van der Waals surface area (Å²) in [5.74, 6) is 0.336. The molecule has 0 radical (unpaired) electrons. The Morgan fingerprint density at radius 3 is 2.56 bits per heavy atom. The maximum absolute atomic E-state index is 11.8. The second-order valence-electron chi connectivity index (χ2n) is 6.53. The van der Waals surface area contributed by atoms with E-state index in [4.69, 9.17) is 9.47 Å². The van der Waals surface area contributed by atoms with Crippen molar-refractivity contribution in [3.8, 4) is 11.5 Å². The molecule has 0 atom stereocenters. The van der Waals surface area contributed by atoms with Gasteiger partial charge in [0.1, 0.15) is 18.1 Å². The maximum atomic E-state index is 11.8. The minimum Gasteiger partial charge on any atom is -0.497 e. The van der Waals surface area contributed by atoms with Crippen molar-refractivity contribution >= 4 is 17.6 Å². The third kappa shape index (κ3) is 5.11. The van der Waals surface area contributed by atoms with Crippen molar-refractivity contribution in [3.63, 3.8) is 0 Å². The van der Waals surface area contributed by atoms with Gasteiger partial charge >= 0.3 is 5.97 Å². The van der Waals surface area contributed by atoms with Crippen LogP contribution >= 0.6 is 0 Å². The minimum absolute atomic E-state index is 0.227. The van der Waals surface area contributed by atoms with Crippen molar-refractivity contribution in [2.75, 3.05) is 33.4 Å². The normalized spacial score (nSPS) is 14.9. The Labute approximate surface area is 159 Å². The quantitative estimate of drug-likeness (QED) is 0.568. The van der Waals surface area contributed by atoms with Crippen LogP contribution in [0.1, 0.15) is 24.0 Å². The molecule has 1 aliphatic heterocycles. The summed E-state index contributed by atoms with van der Waals surface area (Å²) in [6.45, 7) is 3.66. The van der Waals surface area contributed by atoms with Crippen LogP contribution in [0.3, 0.4) is 0 Å². The van der Waals surface area contributed by atoms with Gasteiger partial charge in [-0.25, -0.2) is 4.79 Å². The van der Waals surface area contributed by atoms with E-state index in [1.807, 2.05) is 30.3 Å². The van der Waals surface area contributed by atoms with E-state index in [2.05, 4.69) is 4.90 Å². The molecule has 5 nitrogen and oxygen atoms in total. The largest absolute Gasteiger partial charge is 0.497 e. The van der Waals surface area contributed by atoms with Gasteiger partial charge in [0.25, 0.3) is 0 Å². The fraction of sp³-hybridized carbons (Fsp3) is 0.318. The number of aliphatic carboxylic acids is 1. The number of hydrogen-bond acceptors (Lipinski definition) is 4. The van der Waals surface area contributed by atoms with Crippen LogP contribution in [0, 0.1) is 0 Å². The summed E-state index contributed by atoms with van der Waals surface area (Å²) in [7, 11) is 1.60. The van der Waals surface area contributed by atoms with E-state index in [1.54, 1.807) is 31.4 Å². The minimum atomic E-state index is -0.972. The number of likely N-dealkylation sites (tertiary alicyclic amines) is 1. The van der Waals surface area contributed by atoms with E-state index in [-0.39, 0.29) is 5.57 Å². The summed E-state index contributed by atoms with van der Waals surface area (Å²) in [5.41, 5.74) is 1.60. The number of carboxylic acids is 1. The molecule has 1 fully saturated rings. The summed E-state index contributed by atoms with van der Waals surface area (Å²) in [6.07, 6.45) is 4.14. The van der Waals surface area contributed by atoms with Gasteiger partial charge in [-0.1, -0.05) is 30.3 Å². The molecule has 1 N–H and O–H groups in total. The van der Waals surface area contributed by atoms with Crippen molar-refractivity contribution in [1.82, 2.24) is 4.90 Å². The number of hydrogen-bond donors (Lipinski definition) is 1. The van der Waals surface area contributed by atoms with Crippen LogP contribution in [-0.4, -0.2) is 49.3 Å². The predicted molar refractivity (Wildman–Crippen MR) is 106 cm³/mol. The summed E-state index contributed by atoms with van der Waals surface area (Å²) < 4.78 is 11.3. The first-order valence-electron chi connectivity index (χ1n) is 9.21. The third-order valence-electron chi connectivity index (χ3n) is 4.70. The molecule has 2 aromatic rings. The molecule has 0 aromatic heterocycles. The van der Waals surface area contributed by atoms with E-state index < -0.39 is 5.97 Å². The molecule has 0 saturated carbocycles. The lowest BCUT2D eigenvalue weighted by atomic mass is 10.0. The molecular weight excluding hydrogens is 342 g/mol. The highest BCUT2D eigenvalue weighted by atomic mass is 16.5. The van der Waals surface area contributed by atoms with Crippen LogP contribution in [0.2, 0.25) is 0 Å². The third-order valence-corrected chi connectivity index (χ3v) is 4.70. The number of nitrogens with zero attached hydrogens (tertiary/aromatic N) is 1. The topological polar surface area (TPSA) is 59.0 Å². The van der Waals surface area contributed by atoms with Crippen molar-refractivity contribution in [3.05, 3.63) is 59.7 Å². The number of methoxy groups -OCH3 is 1. The van der Waals surface area contributed by atoms with Crippen molar-refractivity contribution in [2.45, 2.75) is 12.8 Å². The van der Waals surface area contributed by atoms with Crippen LogP contribution in [0.25, 0.3) is 11.6 Å². The Kier molecular flexibility index (Phi) is 6.49. The van der Waals surface area contributed by atoms with E-state index in [0.29, 0.717) is 23.7 Å². The number of benzene rings is 2. The van der Waals surface area contributed by atoms with Gasteiger partial charge < -0.3 is 14.6 Å². The first kappa shape index (κ1) is 19.0. The average Bonchev–Trinajstić information content (AvgIpc) is 3.20. The van der Waals surface area contributed by atoms with Gasteiger partial charge in [0.15, 0.2) is 0 Å². The molecular formula is C22H25NO4. The number of carbonyl (C=O) groups is 1. The number of rotatable bonds is 8. The van der Waals surface area contributed by atoms with Gasteiger partial charge in [-0.15, -0.1) is 0 Å². The predicted octanol–water partition coefficient (Wildman–Crippen LogP) is 3.80. The zero-order valence-electron chi connectivity index (χ0n) is 15.6. The van der Waals surface area contributed by atoms with Gasteiger partial charge in [-0.3, -0.25) is 4.90 Å². The van der Waals surface area contributed by atoms with Crippen molar-refractivity contribution in [2.24, 2.45) is 0 Å². The standard InChI is InChI=1S/C22H25NO4/c1-26-19-10-9-18(15-20(22(24)25)17-7-3-2-4-8-17)21(16-19)27-14-13-23-11-5-6-12-23/h2-4,7-10,15-16H,5-6,11-14H2,1H3,(H,24,25)/b20-15-. The monoisotopic (exact) mass is 367 g/mol. The van der Waals surface area contributed by atoms with Gasteiger partial charge in [-0.2, -0.15) is 0 Å².